The molecule has 2 aromatic carbocycles. The maximum absolute atomic E-state index is 12.1. The van der Waals surface area contributed by atoms with Crippen LogP contribution in [0.4, 0.5) is 0 Å². The summed E-state index contributed by atoms with van der Waals surface area (Å²) in [7, 11) is 0. The van der Waals surface area contributed by atoms with E-state index in [1.54, 1.807) is 6.21 Å². The van der Waals surface area contributed by atoms with E-state index in [1.165, 1.54) is 23.1 Å². The number of benzene rings is 2. The van der Waals surface area contributed by atoms with Gasteiger partial charge >= 0.3 is 0 Å². The molecular weight excluding hydrogens is 494 g/mol. The number of nitrogens with zero attached hydrogens (tertiary/aromatic N) is 2. The van der Waals surface area contributed by atoms with E-state index in [0.29, 0.717) is 17.4 Å². The van der Waals surface area contributed by atoms with Gasteiger partial charge in [-0.3, -0.25) is 4.79 Å². The molecule has 3 aromatic rings. The molecule has 0 aliphatic carbocycles. The molecule has 0 saturated heterocycles. The molecule has 0 bridgehead atoms. The molecular formula is C20H17BrClN3O2S2. The average molecular weight is 511 g/mol. The average Bonchev–Trinajstić information content (AvgIpc) is 3.18. The number of aromatic nitrogens is 1. The fourth-order valence-corrected chi connectivity index (χ4v) is 4.45. The molecule has 3 rings (SSSR count). The minimum Gasteiger partial charge on any atom is -0.493 e. The van der Waals surface area contributed by atoms with Gasteiger partial charge in [-0.05, 0) is 37.3 Å². The zero-order chi connectivity index (χ0) is 20.6. The summed E-state index contributed by atoms with van der Waals surface area (Å²) in [5.41, 5.74) is 5.17. The van der Waals surface area contributed by atoms with E-state index in [-0.39, 0.29) is 11.7 Å². The Morgan fingerprint density at radius 1 is 1.34 bits per heavy atom. The van der Waals surface area contributed by atoms with E-state index in [4.69, 9.17) is 16.3 Å². The monoisotopic (exact) mass is 509 g/mol. The van der Waals surface area contributed by atoms with Crippen LogP contribution in [-0.4, -0.2) is 29.5 Å². The summed E-state index contributed by atoms with van der Waals surface area (Å²) in [6.07, 6.45) is 1.57. The van der Waals surface area contributed by atoms with Gasteiger partial charge in [0, 0.05) is 26.0 Å². The third kappa shape index (κ3) is 6.57. The molecule has 0 spiro atoms. The van der Waals surface area contributed by atoms with Gasteiger partial charge in [0.25, 0.3) is 5.91 Å². The highest BCUT2D eigenvalue weighted by Crippen LogP contribution is 2.28. The lowest BCUT2D eigenvalue weighted by atomic mass is 10.2. The number of carbonyl (C=O) groups is 1. The van der Waals surface area contributed by atoms with Gasteiger partial charge in [-0.2, -0.15) is 5.10 Å². The van der Waals surface area contributed by atoms with Gasteiger partial charge in [0.15, 0.2) is 4.34 Å². The molecule has 5 nitrogen and oxygen atoms in total. The lowest BCUT2D eigenvalue weighted by Gasteiger charge is -2.07. The number of rotatable bonds is 8. The van der Waals surface area contributed by atoms with E-state index in [0.717, 1.165) is 25.6 Å². The third-order valence-electron chi connectivity index (χ3n) is 3.61. The van der Waals surface area contributed by atoms with E-state index in [2.05, 4.69) is 31.4 Å². The van der Waals surface area contributed by atoms with Crippen molar-refractivity contribution < 1.29 is 9.53 Å². The quantitative estimate of drug-likeness (QED) is 0.234. The normalized spacial score (nSPS) is 11.0. The highest BCUT2D eigenvalue weighted by atomic mass is 79.9. The second-order valence-corrected chi connectivity index (χ2v) is 9.14. The first-order valence-corrected chi connectivity index (χ1v) is 11.7. The highest BCUT2D eigenvalue weighted by molar-refractivity contribution is 9.10. The lowest BCUT2D eigenvalue weighted by Crippen LogP contribution is -2.19. The van der Waals surface area contributed by atoms with Crippen LogP contribution in [0.15, 0.2) is 61.8 Å². The second kappa shape index (κ2) is 10.8. The van der Waals surface area contributed by atoms with Crippen molar-refractivity contribution in [2.75, 3.05) is 12.4 Å². The van der Waals surface area contributed by atoms with Gasteiger partial charge in [-0.1, -0.05) is 51.4 Å². The molecule has 0 aliphatic rings. The summed E-state index contributed by atoms with van der Waals surface area (Å²) >= 11 is 12.2. The predicted molar refractivity (Wildman–Crippen MR) is 124 cm³/mol. The topological polar surface area (TPSA) is 63.6 Å². The number of hydrogen-bond acceptors (Lipinski definition) is 6. The fourth-order valence-electron chi connectivity index (χ4n) is 2.32. The summed E-state index contributed by atoms with van der Waals surface area (Å²) in [5, 5.41) is 6.68. The molecule has 0 unspecified atom stereocenters. The Morgan fingerprint density at radius 2 is 2.14 bits per heavy atom. The molecule has 9 heteroatoms. The molecule has 150 valence electrons. The molecule has 1 amide bonds. The van der Waals surface area contributed by atoms with Crippen LogP contribution in [0.25, 0.3) is 11.3 Å². The Morgan fingerprint density at radius 3 is 2.90 bits per heavy atom. The van der Waals surface area contributed by atoms with Crippen LogP contribution in [0.5, 0.6) is 5.75 Å². The SMILES string of the molecule is CCOc1ccc(Br)cc1/C=N/NC(=O)CSc1nc(-c2ccc(Cl)cc2)cs1. The van der Waals surface area contributed by atoms with Crippen LogP contribution in [0.2, 0.25) is 5.02 Å². The van der Waals surface area contributed by atoms with Crippen molar-refractivity contribution in [3.8, 4) is 17.0 Å². The Balaban J connectivity index is 1.52. The number of thioether (sulfide) groups is 1. The minimum atomic E-state index is -0.206. The number of nitrogens with one attached hydrogen (secondary N) is 1. The number of hydrazone groups is 1. The van der Waals surface area contributed by atoms with E-state index in [9.17, 15) is 4.79 Å². The molecule has 1 aromatic heterocycles. The number of ether oxygens (including phenoxy) is 1. The second-order valence-electron chi connectivity index (χ2n) is 5.70. The standard InChI is InChI=1S/C20H17BrClN3O2S2/c1-2-27-18-8-5-15(21)9-14(18)10-23-25-19(26)12-29-20-24-17(11-28-20)13-3-6-16(22)7-4-13/h3-11H,2,12H2,1H3,(H,25,26)/b23-10+. The molecule has 0 atom stereocenters. The fraction of sp³-hybridized carbons (Fsp3) is 0.150. The van der Waals surface area contributed by atoms with Gasteiger partial charge in [-0.25, -0.2) is 10.4 Å². The van der Waals surface area contributed by atoms with Crippen LogP contribution >= 0.6 is 50.6 Å². The highest BCUT2D eigenvalue weighted by Gasteiger charge is 2.08. The first-order valence-electron chi connectivity index (χ1n) is 8.63. The van der Waals surface area contributed by atoms with Crippen molar-refractivity contribution in [2.45, 2.75) is 11.3 Å². The van der Waals surface area contributed by atoms with Crippen molar-refractivity contribution in [2.24, 2.45) is 5.10 Å². The molecule has 0 saturated carbocycles. The van der Waals surface area contributed by atoms with E-state index in [1.807, 2.05) is 54.8 Å². The van der Waals surface area contributed by atoms with Crippen molar-refractivity contribution >= 4 is 62.8 Å². The maximum atomic E-state index is 12.1. The Hall–Kier alpha value is -1.87. The summed E-state index contributed by atoms with van der Waals surface area (Å²) < 4.78 is 7.28. The first kappa shape index (κ1) is 21.8. The van der Waals surface area contributed by atoms with Crippen LogP contribution in [-0.2, 0) is 4.79 Å². The molecule has 1 N–H and O–H groups in total. The first-order chi connectivity index (χ1) is 14.0. The van der Waals surface area contributed by atoms with Gasteiger partial charge in [-0.15, -0.1) is 11.3 Å². The van der Waals surface area contributed by atoms with E-state index >= 15 is 0 Å². The maximum Gasteiger partial charge on any atom is 0.250 e. The zero-order valence-corrected chi connectivity index (χ0v) is 19.4. The van der Waals surface area contributed by atoms with Crippen LogP contribution < -0.4 is 10.2 Å². The van der Waals surface area contributed by atoms with Crippen molar-refractivity contribution in [3.05, 3.63) is 62.9 Å². The van der Waals surface area contributed by atoms with E-state index < -0.39 is 0 Å². The molecule has 1 heterocycles. The minimum absolute atomic E-state index is 0.206. The zero-order valence-electron chi connectivity index (χ0n) is 15.4. The summed E-state index contributed by atoms with van der Waals surface area (Å²) in [4.78, 5) is 16.6. The van der Waals surface area contributed by atoms with Crippen molar-refractivity contribution in [1.29, 1.82) is 0 Å². The van der Waals surface area contributed by atoms with Gasteiger partial charge in [0.05, 0.1) is 24.3 Å². The van der Waals surface area contributed by atoms with Gasteiger partial charge in [0.1, 0.15) is 5.75 Å². The molecule has 29 heavy (non-hydrogen) atoms. The third-order valence-corrected chi connectivity index (χ3v) is 6.38. The van der Waals surface area contributed by atoms with Crippen molar-refractivity contribution in [3.63, 3.8) is 0 Å². The molecule has 0 fully saturated rings. The smallest absolute Gasteiger partial charge is 0.250 e. The predicted octanol–water partition coefficient (Wildman–Crippen LogP) is 5.87. The number of thiazole rings is 1. The molecule has 0 aliphatic heterocycles. The number of carbonyl (C=O) groups excluding carboxylic acids is 1. The lowest BCUT2D eigenvalue weighted by molar-refractivity contribution is -0.118. The largest absolute Gasteiger partial charge is 0.493 e. The van der Waals surface area contributed by atoms with Crippen LogP contribution in [0.1, 0.15) is 12.5 Å². The number of hydrogen-bond donors (Lipinski definition) is 1. The molecule has 0 radical (unpaired) electrons. The van der Waals surface area contributed by atoms with Gasteiger partial charge in [0.2, 0.25) is 0 Å². The van der Waals surface area contributed by atoms with Crippen LogP contribution in [0, 0.1) is 0 Å². The Kier molecular flexibility index (Phi) is 8.11. The Bertz CT molecular complexity index is 1010. The number of amides is 1. The summed E-state index contributed by atoms with van der Waals surface area (Å²) in [6, 6.07) is 13.1. The van der Waals surface area contributed by atoms with Crippen LogP contribution in [0.3, 0.4) is 0 Å². The summed E-state index contributed by atoms with van der Waals surface area (Å²) in [6.45, 7) is 2.47. The summed E-state index contributed by atoms with van der Waals surface area (Å²) in [5.74, 6) is 0.727. The van der Waals surface area contributed by atoms with Gasteiger partial charge < -0.3 is 4.74 Å². The Labute approximate surface area is 190 Å². The number of halogens is 2. The van der Waals surface area contributed by atoms with Crippen molar-refractivity contribution in [1.82, 2.24) is 10.4 Å².